The Morgan fingerprint density at radius 1 is 1.46 bits per heavy atom. The van der Waals surface area contributed by atoms with Crippen LogP contribution >= 0.6 is 24.0 Å². The zero-order chi connectivity index (χ0) is 17.8. The van der Waals surface area contributed by atoms with Crippen LogP contribution in [0, 0.1) is 6.92 Å². The SMILES string of the molecule is CN=C(NCCc1nc(C)no1)NC1CCc2cn(C(C)C)nc2C1.I. The van der Waals surface area contributed by atoms with Crippen molar-refractivity contribution in [2.45, 2.75) is 58.5 Å². The smallest absolute Gasteiger partial charge is 0.228 e. The molecule has 9 heteroatoms. The van der Waals surface area contributed by atoms with Gasteiger partial charge >= 0.3 is 0 Å². The normalized spacial score (nSPS) is 17.0. The Hall–Kier alpha value is -1.65. The van der Waals surface area contributed by atoms with Crippen LogP contribution in [0.4, 0.5) is 0 Å². The first-order valence-corrected chi connectivity index (χ1v) is 8.88. The summed E-state index contributed by atoms with van der Waals surface area (Å²) in [6.07, 6.45) is 5.93. The van der Waals surface area contributed by atoms with Crippen LogP contribution in [0.1, 0.15) is 49.3 Å². The lowest BCUT2D eigenvalue weighted by Gasteiger charge is -2.24. The largest absolute Gasteiger partial charge is 0.356 e. The fraction of sp³-hybridized carbons (Fsp3) is 0.647. The molecule has 1 atom stereocenters. The Morgan fingerprint density at radius 2 is 2.27 bits per heavy atom. The van der Waals surface area contributed by atoms with Crippen molar-refractivity contribution in [3.05, 3.63) is 29.2 Å². The number of hydrogen-bond acceptors (Lipinski definition) is 5. The average Bonchev–Trinajstić information content (AvgIpc) is 3.19. The molecule has 0 aliphatic heterocycles. The van der Waals surface area contributed by atoms with Crippen molar-refractivity contribution in [3.63, 3.8) is 0 Å². The third kappa shape index (κ3) is 5.18. The van der Waals surface area contributed by atoms with Gasteiger partial charge in [0.25, 0.3) is 0 Å². The van der Waals surface area contributed by atoms with E-state index in [4.69, 9.17) is 9.62 Å². The Balaban J connectivity index is 0.00000243. The summed E-state index contributed by atoms with van der Waals surface area (Å²) in [5.41, 5.74) is 2.58. The summed E-state index contributed by atoms with van der Waals surface area (Å²) in [4.78, 5) is 8.51. The van der Waals surface area contributed by atoms with E-state index in [1.165, 1.54) is 11.3 Å². The molecule has 0 amide bonds. The molecular formula is C17H28IN7O. The number of nitrogens with one attached hydrogen (secondary N) is 2. The van der Waals surface area contributed by atoms with Crippen molar-refractivity contribution in [1.29, 1.82) is 0 Å². The van der Waals surface area contributed by atoms with Crippen molar-refractivity contribution >= 4 is 29.9 Å². The van der Waals surface area contributed by atoms with Crippen molar-refractivity contribution in [2.75, 3.05) is 13.6 Å². The zero-order valence-electron chi connectivity index (χ0n) is 15.8. The molecule has 2 N–H and O–H groups in total. The summed E-state index contributed by atoms with van der Waals surface area (Å²) < 4.78 is 7.18. The van der Waals surface area contributed by atoms with E-state index in [-0.39, 0.29) is 24.0 Å². The molecule has 2 aromatic rings. The number of halogens is 1. The number of aliphatic imine (C=N–C) groups is 1. The van der Waals surface area contributed by atoms with Gasteiger partial charge in [-0.25, -0.2) is 0 Å². The predicted molar refractivity (Wildman–Crippen MR) is 111 cm³/mol. The molecule has 0 saturated heterocycles. The number of hydrogen-bond donors (Lipinski definition) is 2. The number of rotatable bonds is 5. The molecule has 0 aromatic carbocycles. The number of aryl methyl sites for hydroxylation is 2. The first-order valence-electron chi connectivity index (χ1n) is 8.88. The van der Waals surface area contributed by atoms with E-state index in [0.29, 0.717) is 36.8 Å². The standard InChI is InChI=1S/C17H27N7O.HI/c1-11(2)24-10-13-5-6-14(9-15(13)22-24)21-17(18-4)19-8-7-16-20-12(3)23-25-16;/h10-11,14H,5-9H2,1-4H3,(H2,18,19,21);1H. The number of fused-ring (bicyclic) bond motifs is 1. The van der Waals surface area contributed by atoms with Gasteiger partial charge in [0.05, 0.1) is 5.69 Å². The fourth-order valence-corrected chi connectivity index (χ4v) is 3.02. The maximum Gasteiger partial charge on any atom is 0.228 e. The van der Waals surface area contributed by atoms with E-state index < -0.39 is 0 Å². The Bertz CT molecular complexity index is 737. The van der Waals surface area contributed by atoms with Crippen molar-refractivity contribution in [3.8, 4) is 0 Å². The number of nitrogens with zero attached hydrogens (tertiary/aromatic N) is 5. The highest BCUT2D eigenvalue weighted by molar-refractivity contribution is 14.0. The van der Waals surface area contributed by atoms with E-state index in [9.17, 15) is 0 Å². The van der Waals surface area contributed by atoms with Crippen LogP contribution in [0.2, 0.25) is 0 Å². The minimum absolute atomic E-state index is 0. The second-order valence-corrected chi connectivity index (χ2v) is 6.74. The van der Waals surface area contributed by atoms with Crippen LogP contribution in [0.25, 0.3) is 0 Å². The van der Waals surface area contributed by atoms with E-state index in [2.05, 4.69) is 50.5 Å². The van der Waals surface area contributed by atoms with Gasteiger partial charge in [-0.3, -0.25) is 9.67 Å². The van der Waals surface area contributed by atoms with Crippen LogP contribution in [-0.2, 0) is 19.3 Å². The van der Waals surface area contributed by atoms with Crippen molar-refractivity contribution < 1.29 is 4.52 Å². The molecule has 0 radical (unpaired) electrons. The molecule has 144 valence electrons. The first kappa shape index (κ1) is 20.7. The molecule has 3 rings (SSSR count). The van der Waals surface area contributed by atoms with E-state index in [0.717, 1.165) is 25.2 Å². The third-order valence-corrected chi connectivity index (χ3v) is 4.39. The van der Waals surface area contributed by atoms with Crippen molar-refractivity contribution in [1.82, 2.24) is 30.6 Å². The number of guanidine groups is 1. The monoisotopic (exact) mass is 473 g/mol. The van der Waals surface area contributed by atoms with Gasteiger partial charge in [0, 0.05) is 44.7 Å². The molecule has 1 unspecified atom stereocenters. The third-order valence-electron chi connectivity index (χ3n) is 4.39. The second kappa shape index (κ2) is 9.33. The molecule has 1 aliphatic rings. The average molecular weight is 473 g/mol. The number of aromatic nitrogens is 4. The van der Waals surface area contributed by atoms with Gasteiger partial charge in [-0.05, 0) is 39.2 Å². The minimum atomic E-state index is 0. The summed E-state index contributed by atoms with van der Waals surface area (Å²) >= 11 is 0. The highest BCUT2D eigenvalue weighted by atomic mass is 127. The van der Waals surface area contributed by atoms with Crippen LogP contribution in [0.5, 0.6) is 0 Å². The van der Waals surface area contributed by atoms with E-state index in [1.54, 1.807) is 7.05 Å². The fourth-order valence-electron chi connectivity index (χ4n) is 3.02. The lowest BCUT2D eigenvalue weighted by Crippen LogP contribution is -2.46. The maximum atomic E-state index is 5.12. The highest BCUT2D eigenvalue weighted by Crippen LogP contribution is 2.21. The van der Waals surface area contributed by atoms with Gasteiger partial charge in [0.15, 0.2) is 11.8 Å². The topological polar surface area (TPSA) is 93.2 Å². The van der Waals surface area contributed by atoms with Crippen LogP contribution in [0.3, 0.4) is 0 Å². The minimum Gasteiger partial charge on any atom is -0.356 e. The van der Waals surface area contributed by atoms with Gasteiger partial charge in [-0.2, -0.15) is 10.1 Å². The highest BCUT2D eigenvalue weighted by Gasteiger charge is 2.23. The van der Waals surface area contributed by atoms with Gasteiger partial charge in [0.1, 0.15) is 0 Å². The molecule has 0 spiro atoms. The molecule has 8 nitrogen and oxygen atoms in total. The van der Waals surface area contributed by atoms with Gasteiger partial charge in [0.2, 0.25) is 5.89 Å². The first-order chi connectivity index (χ1) is 12.0. The molecular weight excluding hydrogens is 445 g/mol. The van der Waals surface area contributed by atoms with Gasteiger partial charge < -0.3 is 15.2 Å². The summed E-state index contributed by atoms with van der Waals surface area (Å²) in [6, 6.07) is 0.750. The Kier molecular flexibility index (Phi) is 7.42. The van der Waals surface area contributed by atoms with Crippen LogP contribution in [-0.4, -0.2) is 45.5 Å². The molecule has 1 aliphatic carbocycles. The van der Waals surface area contributed by atoms with E-state index >= 15 is 0 Å². The Labute approximate surface area is 171 Å². The van der Waals surface area contributed by atoms with Gasteiger partial charge in [-0.15, -0.1) is 24.0 Å². The van der Waals surface area contributed by atoms with E-state index in [1.807, 2.05) is 6.92 Å². The lowest BCUT2D eigenvalue weighted by atomic mass is 9.94. The molecule has 0 saturated carbocycles. The zero-order valence-corrected chi connectivity index (χ0v) is 18.2. The maximum absolute atomic E-state index is 5.12. The predicted octanol–water partition coefficient (Wildman–Crippen LogP) is 2.04. The summed E-state index contributed by atoms with van der Waals surface area (Å²) in [5, 5.41) is 15.3. The molecule has 0 bridgehead atoms. The summed E-state index contributed by atoms with van der Waals surface area (Å²) in [7, 11) is 1.79. The van der Waals surface area contributed by atoms with Crippen molar-refractivity contribution in [2.24, 2.45) is 4.99 Å². The lowest BCUT2D eigenvalue weighted by molar-refractivity contribution is 0.374. The summed E-state index contributed by atoms with van der Waals surface area (Å²) in [6.45, 7) is 6.83. The van der Waals surface area contributed by atoms with Gasteiger partial charge in [-0.1, -0.05) is 5.16 Å². The quantitative estimate of drug-likeness (QED) is 0.392. The molecule has 2 aromatic heterocycles. The molecule has 0 fully saturated rings. The molecule has 2 heterocycles. The van der Waals surface area contributed by atoms with Crippen LogP contribution in [0.15, 0.2) is 15.7 Å². The second-order valence-electron chi connectivity index (χ2n) is 6.74. The summed E-state index contributed by atoms with van der Waals surface area (Å²) in [5.74, 6) is 2.10. The van der Waals surface area contributed by atoms with Crippen LogP contribution < -0.4 is 10.6 Å². The molecule has 26 heavy (non-hydrogen) atoms. The Morgan fingerprint density at radius 3 is 2.92 bits per heavy atom.